The van der Waals surface area contributed by atoms with Gasteiger partial charge in [0.2, 0.25) is 0 Å². The van der Waals surface area contributed by atoms with Crippen LogP contribution in [0.2, 0.25) is 0 Å². The van der Waals surface area contributed by atoms with E-state index in [1.165, 1.54) is 23.0 Å². The third kappa shape index (κ3) is 3.06. The monoisotopic (exact) mass is 308 g/mol. The first kappa shape index (κ1) is 12.5. The lowest BCUT2D eigenvalue weighted by Gasteiger charge is -1.93. The highest BCUT2D eigenvalue weighted by molar-refractivity contribution is 8.02. The topological polar surface area (TPSA) is 0 Å². The van der Waals surface area contributed by atoms with Crippen LogP contribution >= 0.6 is 45.8 Å². The van der Waals surface area contributed by atoms with Crippen LogP contribution in [0.25, 0.3) is 0 Å². The lowest BCUT2D eigenvalue weighted by atomic mass is 10.3. The molecular formula is C14H12S4. The maximum atomic E-state index is 2.26. The van der Waals surface area contributed by atoms with Gasteiger partial charge in [-0.25, -0.2) is 0 Å². The summed E-state index contributed by atoms with van der Waals surface area (Å²) in [6.07, 6.45) is 1.08. The third-order valence-corrected chi connectivity index (χ3v) is 6.73. The Balaban J connectivity index is 1.69. The van der Waals surface area contributed by atoms with Crippen molar-refractivity contribution in [1.29, 1.82) is 0 Å². The summed E-state index contributed by atoms with van der Waals surface area (Å²) in [5, 5.41) is 2.13. The van der Waals surface area contributed by atoms with Crippen LogP contribution in [0, 0.1) is 6.92 Å². The second-order valence-corrected chi connectivity index (χ2v) is 9.03. The van der Waals surface area contributed by atoms with Crippen molar-refractivity contribution in [2.45, 2.75) is 21.8 Å². The molecule has 0 aliphatic rings. The fourth-order valence-corrected chi connectivity index (χ4v) is 5.92. The minimum Gasteiger partial charge on any atom is -0.145 e. The van der Waals surface area contributed by atoms with Crippen molar-refractivity contribution < 1.29 is 0 Å². The van der Waals surface area contributed by atoms with Crippen molar-refractivity contribution >= 4 is 45.8 Å². The maximum absolute atomic E-state index is 2.26. The van der Waals surface area contributed by atoms with E-state index < -0.39 is 0 Å². The van der Waals surface area contributed by atoms with E-state index in [2.05, 4.69) is 48.7 Å². The Morgan fingerprint density at radius 3 is 2.50 bits per heavy atom. The molecule has 0 aliphatic heterocycles. The second kappa shape index (κ2) is 5.61. The van der Waals surface area contributed by atoms with E-state index in [-0.39, 0.29) is 0 Å². The van der Waals surface area contributed by atoms with Crippen LogP contribution in [0.3, 0.4) is 0 Å². The van der Waals surface area contributed by atoms with Gasteiger partial charge in [0, 0.05) is 21.1 Å². The van der Waals surface area contributed by atoms with Crippen molar-refractivity contribution in [2.75, 3.05) is 0 Å². The Morgan fingerprint density at radius 1 is 0.944 bits per heavy atom. The number of hydrogen-bond acceptors (Lipinski definition) is 4. The van der Waals surface area contributed by atoms with Gasteiger partial charge in [0.1, 0.15) is 0 Å². The summed E-state index contributed by atoms with van der Waals surface area (Å²) in [6.45, 7) is 2.17. The van der Waals surface area contributed by atoms with E-state index in [1.54, 1.807) is 11.3 Å². The number of aryl methyl sites for hydroxylation is 1. The van der Waals surface area contributed by atoms with E-state index >= 15 is 0 Å². The molecule has 0 bridgehead atoms. The zero-order valence-electron chi connectivity index (χ0n) is 9.88. The molecule has 0 N–H and O–H groups in total. The van der Waals surface area contributed by atoms with Gasteiger partial charge in [0.05, 0.1) is 8.42 Å². The predicted molar refractivity (Wildman–Crippen MR) is 84.6 cm³/mol. The highest BCUT2D eigenvalue weighted by Gasteiger charge is 2.05. The molecular weight excluding hydrogens is 296 g/mol. The predicted octanol–water partition coefficient (Wildman–Crippen LogP) is 5.92. The minimum absolute atomic E-state index is 1.08. The van der Waals surface area contributed by atoms with E-state index in [9.17, 15) is 0 Å². The van der Waals surface area contributed by atoms with Crippen LogP contribution in [0.15, 0.2) is 50.2 Å². The van der Waals surface area contributed by atoms with Crippen molar-refractivity contribution in [3.05, 3.63) is 56.4 Å². The molecule has 0 radical (unpaired) electrons. The van der Waals surface area contributed by atoms with Crippen LogP contribution in [-0.2, 0) is 6.42 Å². The minimum atomic E-state index is 1.08. The number of rotatable bonds is 4. The fourth-order valence-electron chi connectivity index (χ4n) is 1.68. The molecule has 0 unspecified atom stereocenters. The summed E-state index contributed by atoms with van der Waals surface area (Å²) >= 11 is 7.49. The Kier molecular flexibility index (Phi) is 3.89. The van der Waals surface area contributed by atoms with E-state index in [0.717, 1.165) is 6.42 Å². The van der Waals surface area contributed by atoms with Crippen LogP contribution in [0.4, 0.5) is 0 Å². The normalized spacial score (nSPS) is 10.9. The van der Waals surface area contributed by atoms with Gasteiger partial charge < -0.3 is 0 Å². The third-order valence-electron chi connectivity index (χ3n) is 2.48. The van der Waals surface area contributed by atoms with Crippen LogP contribution in [-0.4, -0.2) is 0 Å². The highest BCUT2D eigenvalue weighted by atomic mass is 32.2. The Labute approximate surface area is 123 Å². The van der Waals surface area contributed by atoms with Gasteiger partial charge in [-0.15, -0.1) is 34.0 Å². The zero-order valence-corrected chi connectivity index (χ0v) is 13.1. The van der Waals surface area contributed by atoms with Gasteiger partial charge in [0.25, 0.3) is 0 Å². The van der Waals surface area contributed by atoms with Crippen LogP contribution in [0.1, 0.15) is 14.6 Å². The van der Waals surface area contributed by atoms with Crippen molar-refractivity contribution in [3.63, 3.8) is 0 Å². The summed E-state index contributed by atoms with van der Waals surface area (Å²) in [6, 6.07) is 13.2. The number of hydrogen-bond donors (Lipinski definition) is 0. The molecule has 0 atom stereocenters. The summed E-state index contributed by atoms with van der Waals surface area (Å²) in [4.78, 5) is 4.31. The first-order valence-corrected chi connectivity index (χ1v) is 8.98. The molecule has 3 aromatic rings. The molecule has 92 valence electrons. The summed E-state index contributed by atoms with van der Waals surface area (Å²) in [7, 11) is 0. The fraction of sp³-hybridized carbons (Fsp3) is 0.143. The highest BCUT2D eigenvalue weighted by Crippen LogP contribution is 2.36. The molecule has 0 spiro atoms. The summed E-state index contributed by atoms with van der Waals surface area (Å²) in [5.41, 5.74) is 0. The molecule has 0 aromatic carbocycles. The molecule has 18 heavy (non-hydrogen) atoms. The molecule has 3 heterocycles. The molecule has 3 aromatic heterocycles. The Hall–Kier alpha value is -0.550. The quantitative estimate of drug-likeness (QED) is 0.576. The Bertz CT molecular complexity index is 616. The second-order valence-electron chi connectivity index (χ2n) is 3.94. The zero-order chi connectivity index (χ0) is 12.4. The smallest absolute Gasteiger partial charge is 0.0657 e. The largest absolute Gasteiger partial charge is 0.145 e. The van der Waals surface area contributed by atoms with Crippen LogP contribution < -0.4 is 0 Å². The van der Waals surface area contributed by atoms with E-state index in [0.29, 0.717) is 0 Å². The lowest BCUT2D eigenvalue weighted by Crippen LogP contribution is -1.76. The van der Waals surface area contributed by atoms with Gasteiger partial charge in [-0.1, -0.05) is 17.8 Å². The molecule has 3 rings (SSSR count). The van der Waals surface area contributed by atoms with Gasteiger partial charge >= 0.3 is 0 Å². The standard InChI is InChI=1S/C14H12S4/c1-10-4-5-11(16-10)9-12-6-7-14(17-12)18-13-3-2-8-15-13/h2-8H,9H2,1H3. The molecule has 4 heteroatoms. The van der Waals surface area contributed by atoms with E-state index in [1.807, 2.05) is 34.4 Å². The molecule has 0 saturated heterocycles. The first-order chi connectivity index (χ1) is 8.79. The molecule has 0 saturated carbocycles. The summed E-state index contributed by atoms with van der Waals surface area (Å²) < 4.78 is 2.76. The van der Waals surface area contributed by atoms with Crippen molar-refractivity contribution in [2.24, 2.45) is 0 Å². The molecule has 0 amide bonds. The molecule has 0 nitrogen and oxygen atoms in total. The van der Waals surface area contributed by atoms with Gasteiger partial charge in [-0.2, -0.15) is 0 Å². The lowest BCUT2D eigenvalue weighted by molar-refractivity contribution is 1.31. The number of thiophene rings is 3. The Morgan fingerprint density at radius 2 is 1.78 bits per heavy atom. The van der Waals surface area contributed by atoms with Gasteiger partial charge in [0.15, 0.2) is 0 Å². The average molecular weight is 309 g/mol. The summed E-state index contributed by atoms with van der Waals surface area (Å²) in [5.74, 6) is 0. The van der Waals surface area contributed by atoms with Crippen molar-refractivity contribution in [1.82, 2.24) is 0 Å². The molecule has 0 fully saturated rings. The average Bonchev–Trinajstić information content (AvgIpc) is 3.04. The van der Waals surface area contributed by atoms with E-state index in [4.69, 9.17) is 0 Å². The van der Waals surface area contributed by atoms with Gasteiger partial charge in [-0.05, 0) is 42.6 Å². The van der Waals surface area contributed by atoms with Crippen molar-refractivity contribution in [3.8, 4) is 0 Å². The first-order valence-electron chi connectivity index (χ1n) is 5.65. The molecule has 0 aliphatic carbocycles. The maximum Gasteiger partial charge on any atom is 0.0657 e. The van der Waals surface area contributed by atoms with Crippen LogP contribution in [0.5, 0.6) is 0 Å². The SMILES string of the molecule is Cc1ccc(Cc2ccc(Sc3cccs3)s2)s1. The van der Waals surface area contributed by atoms with Gasteiger partial charge in [-0.3, -0.25) is 0 Å².